The maximum Gasteiger partial charge on any atom is 0.341 e. The number of carbonyl (C=O) groups is 3. The Kier molecular flexibility index (Phi) is 9.98. The van der Waals surface area contributed by atoms with Crippen molar-refractivity contribution in [1.82, 2.24) is 4.57 Å². The number of aromatic nitrogens is 1. The normalized spacial score (nSPS) is 15.7. The van der Waals surface area contributed by atoms with E-state index in [2.05, 4.69) is 33.2 Å². The molecule has 1 atom stereocenters. The molecule has 14 heteroatoms. The molecule has 40 heavy (non-hydrogen) atoms. The van der Waals surface area contributed by atoms with Gasteiger partial charge in [0.2, 0.25) is 5.91 Å². The summed E-state index contributed by atoms with van der Waals surface area (Å²) < 4.78 is 39.5. The first-order valence-corrected chi connectivity index (χ1v) is 16.9. The molecule has 2 aromatic heterocycles. The van der Waals surface area contributed by atoms with Gasteiger partial charge in [-0.2, -0.15) is 4.99 Å². The minimum Gasteiger partial charge on any atom is -0.465 e. The van der Waals surface area contributed by atoms with E-state index in [1.54, 1.807) is 0 Å². The van der Waals surface area contributed by atoms with Crippen LogP contribution in [0.1, 0.15) is 41.1 Å². The van der Waals surface area contributed by atoms with Crippen LogP contribution in [0.15, 0.2) is 27.7 Å². The Bertz CT molecular complexity index is 1620. The number of benzene rings is 1. The molecule has 1 aromatic carbocycles. The van der Waals surface area contributed by atoms with Crippen LogP contribution in [0, 0.1) is 5.92 Å². The molecule has 1 N–H and O–H groups in total. The SMILES string of the molecule is CCOCCn1c(=NC(=O)CS(=O)(=O)CC(=O)Nc2sc3c(c2C(=O)OC)CCC(C)C3)sc2cc(Br)ccc21. The van der Waals surface area contributed by atoms with Crippen molar-refractivity contribution >= 4 is 81.4 Å². The minimum absolute atomic E-state index is 0.272. The fraction of sp³-hybridized carbons (Fsp3) is 0.462. The molecule has 0 aliphatic heterocycles. The topological polar surface area (TPSA) is 133 Å². The molecular weight excluding hydrogens is 642 g/mol. The number of nitrogens with one attached hydrogen (secondary N) is 1. The van der Waals surface area contributed by atoms with Gasteiger partial charge in [0.25, 0.3) is 5.91 Å². The third kappa shape index (κ3) is 7.27. The van der Waals surface area contributed by atoms with Gasteiger partial charge in [0.05, 0.1) is 29.5 Å². The molecule has 0 radical (unpaired) electrons. The van der Waals surface area contributed by atoms with Gasteiger partial charge < -0.3 is 19.4 Å². The number of anilines is 1. The molecule has 0 bridgehead atoms. The fourth-order valence-electron chi connectivity index (χ4n) is 4.55. The average Bonchev–Trinajstić information content (AvgIpc) is 3.38. The number of ether oxygens (including phenoxy) is 2. The minimum atomic E-state index is -4.14. The van der Waals surface area contributed by atoms with Crippen molar-refractivity contribution in [3.05, 3.63) is 43.5 Å². The van der Waals surface area contributed by atoms with Crippen molar-refractivity contribution in [3.8, 4) is 0 Å². The van der Waals surface area contributed by atoms with Crippen molar-refractivity contribution in [2.24, 2.45) is 10.9 Å². The van der Waals surface area contributed by atoms with Gasteiger partial charge in [0.15, 0.2) is 14.6 Å². The molecule has 0 spiro atoms. The van der Waals surface area contributed by atoms with Crippen LogP contribution in [0.4, 0.5) is 5.00 Å². The predicted octanol–water partition coefficient (Wildman–Crippen LogP) is 3.96. The molecule has 4 rings (SSSR count). The predicted molar refractivity (Wildman–Crippen MR) is 159 cm³/mol. The molecule has 0 saturated heterocycles. The zero-order valence-corrected chi connectivity index (χ0v) is 26.4. The van der Waals surface area contributed by atoms with Gasteiger partial charge in [-0.05, 0) is 55.9 Å². The van der Waals surface area contributed by atoms with Gasteiger partial charge in [-0.3, -0.25) is 9.59 Å². The van der Waals surface area contributed by atoms with Gasteiger partial charge >= 0.3 is 5.97 Å². The molecule has 2 heterocycles. The summed E-state index contributed by atoms with van der Waals surface area (Å²) in [5.74, 6) is -3.69. The number of sulfone groups is 1. The van der Waals surface area contributed by atoms with E-state index in [0.29, 0.717) is 36.9 Å². The van der Waals surface area contributed by atoms with E-state index >= 15 is 0 Å². The summed E-state index contributed by atoms with van der Waals surface area (Å²) in [5, 5.41) is 2.85. The Hall–Kier alpha value is -2.39. The summed E-state index contributed by atoms with van der Waals surface area (Å²) in [6, 6.07) is 5.66. The second-order valence-electron chi connectivity index (χ2n) is 9.48. The number of hydrogen-bond donors (Lipinski definition) is 1. The molecule has 3 aromatic rings. The van der Waals surface area contributed by atoms with Crippen molar-refractivity contribution < 1.29 is 32.3 Å². The number of halogens is 1. The second-order valence-corrected chi connectivity index (χ2v) is 14.6. The Morgan fingerprint density at radius 2 is 2.00 bits per heavy atom. The number of thiophene rings is 1. The summed E-state index contributed by atoms with van der Waals surface area (Å²) in [5.41, 5.74) is 1.96. The van der Waals surface area contributed by atoms with E-state index in [1.807, 2.05) is 29.7 Å². The number of carbonyl (C=O) groups excluding carboxylic acids is 3. The number of fused-ring (bicyclic) bond motifs is 2. The standard InChI is InChI=1S/C26H30BrN3O7S3/c1-4-37-10-9-30-18-8-6-16(27)12-20(18)39-26(30)29-22(32)14-40(34,35)13-21(31)28-24-23(25(33)36-3)17-7-5-15(2)11-19(17)38-24/h6,8,12,15H,4-5,7,9-11,13-14H2,1-3H3,(H,28,31). The van der Waals surface area contributed by atoms with Crippen LogP contribution < -0.4 is 10.1 Å². The first-order chi connectivity index (χ1) is 19.0. The number of methoxy groups -OCH3 is 1. The molecule has 0 fully saturated rings. The fourth-order valence-corrected chi connectivity index (χ4v) is 8.60. The lowest BCUT2D eigenvalue weighted by Gasteiger charge is -2.18. The van der Waals surface area contributed by atoms with Crippen LogP contribution in [-0.4, -0.2) is 62.6 Å². The van der Waals surface area contributed by atoms with Gasteiger partial charge in [-0.1, -0.05) is 34.2 Å². The highest BCUT2D eigenvalue weighted by molar-refractivity contribution is 9.10. The smallest absolute Gasteiger partial charge is 0.341 e. The van der Waals surface area contributed by atoms with Crippen LogP contribution >= 0.6 is 38.6 Å². The van der Waals surface area contributed by atoms with Crippen LogP contribution in [0.25, 0.3) is 10.2 Å². The van der Waals surface area contributed by atoms with E-state index in [9.17, 15) is 22.8 Å². The molecule has 1 aliphatic rings. The van der Waals surface area contributed by atoms with Gasteiger partial charge in [-0.15, -0.1) is 11.3 Å². The highest BCUT2D eigenvalue weighted by Crippen LogP contribution is 2.40. The molecule has 2 amide bonds. The molecular formula is C26H30BrN3O7S3. The first-order valence-electron chi connectivity index (χ1n) is 12.7. The number of hydrogen-bond acceptors (Lipinski definition) is 9. The Morgan fingerprint density at radius 3 is 2.73 bits per heavy atom. The molecule has 1 unspecified atom stereocenters. The summed E-state index contributed by atoms with van der Waals surface area (Å²) in [6.07, 6.45) is 2.36. The lowest BCUT2D eigenvalue weighted by Crippen LogP contribution is -2.28. The summed E-state index contributed by atoms with van der Waals surface area (Å²) in [4.78, 5) is 43.4. The first kappa shape index (κ1) is 30.6. The van der Waals surface area contributed by atoms with E-state index in [0.717, 1.165) is 38.0 Å². The maximum atomic E-state index is 12.8. The van der Waals surface area contributed by atoms with E-state index in [-0.39, 0.29) is 10.6 Å². The number of amides is 2. The molecule has 1 aliphatic carbocycles. The lowest BCUT2D eigenvalue weighted by molar-refractivity contribution is -0.115. The molecule has 0 saturated carbocycles. The van der Waals surface area contributed by atoms with Gasteiger partial charge in [0, 0.05) is 22.5 Å². The summed E-state index contributed by atoms with van der Waals surface area (Å²) >= 11 is 5.96. The van der Waals surface area contributed by atoms with Crippen LogP contribution in [0.5, 0.6) is 0 Å². The highest BCUT2D eigenvalue weighted by Gasteiger charge is 2.30. The highest BCUT2D eigenvalue weighted by atomic mass is 79.9. The summed E-state index contributed by atoms with van der Waals surface area (Å²) in [7, 11) is -2.88. The lowest BCUT2D eigenvalue weighted by atomic mass is 9.88. The van der Waals surface area contributed by atoms with E-state index in [4.69, 9.17) is 9.47 Å². The van der Waals surface area contributed by atoms with Crippen molar-refractivity contribution in [1.29, 1.82) is 0 Å². The zero-order valence-electron chi connectivity index (χ0n) is 22.3. The average molecular weight is 673 g/mol. The largest absolute Gasteiger partial charge is 0.465 e. The van der Waals surface area contributed by atoms with E-state index < -0.39 is 39.1 Å². The number of nitrogens with zero attached hydrogens (tertiary/aromatic N) is 2. The zero-order chi connectivity index (χ0) is 29.0. The summed E-state index contributed by atoms with van der Waals surface area (Å²) in [6.45, 7) is 5.37. The van der Waals surface area contributed by atoms with E-state index in [1.165, 1.54) is 29.8 Å². The third-order valence-corrected chi connectivity index (χ3v) is 10.5. The van der Waals surface area contributed by atoms with Crippen LogP contribution in [0.2, 0.25) is 0 Å². The second kappa shape index (κ2) is 13.1. The Labute approximate surface area is 248 Å². The number of rotatable bonds is 10. The van der Waals surface area contributed by atoms with Crippen LogP contribution in [0.3, 0.4) is 0 Å². The number of esters is 1. The Balaban J connectivity index is 1.51. The maximum absolute atomic E-state index is 12.8. The molecule has 10 nitrogen and oxygen atoms in total. The van der Waals surface area contributed by atoms with Gasteiger partial charge in [0.1, 0.15) is 16.5 Å². The van der Waals surface area contributed by atoms with Crippen molar-refractivity contribution in [2.45, 2.75) is 39.7 Å². The number of thiazole rings is 1. The van der Waals surface area contributed by atoms with Crippen molar-refractivity contribution in [2.75, 3.05) is 37.1 Å². The quantitative estimate of drug-likeness (QED) is 0.255. The Morgan fingerprint density at radius 1 is 1.23 bits per heavy atom. The third-order valence-electron chi connectivity index (χ3n) is 6.38. The van der Waals surface area contributed by atoms with Gasteiger partial charge in [-0.25, -0.2) is 13.2 Å². The monoisotopic (exact) mass is 671 g/mol. The molecule has 216 valence electrons. The van der Waals surface area contributed by atoms with Crippen molar-refractivity contribution in [3.63, 3.8) is 0 Å². The van der Waals surface area contributed by atoms with Crippen LogP contribution in [-0.2, 0) is 48.3 Å².